The van der Waals surface area contributed by atoms with E-state index in [1.54, 1.807) is 6.20 Å². The molecule has 0 N–H and O–H groups in total. The number of nitrogens with zero attached hydrogens (tertiary/aromatic N) is 4. The molecule has 3 heterocycles. The number of pyridine rings is 1. The summed E-state index contributed by atoms with van der Waals surface area (Å²) in [6, 6.07) is 17.2. The normalized spacial score (nSPS) is 13.5. The topological polar surface area (TPSA) is 51.0 Å². The van der Waals surface area contributed by atoms with E-state index in [-0.39, 0.29) is 5.91 Å². The molecule has 0 bridgehead atoms. The van der Waals surface area contributed by atoms with Gasteiger partial charge in [0.05, 0.1) is 23.1 Å². The van der Waals surface area contributed by atoms with Crippen LogP contribution in [-0.2, 0) is 13.0 Å². The largest absolute Gasteiger partial charge is 0.334 e. The van der Waals surface area contributed by atoms with Gasteiger partial charge in [-0.05, 0) is 48.5 Å². The molecule has 0 radical (unpaired) electrons. The third kappa shape index (κ3) is 2.94. The molecule has 0 unspecified atom stereocenters. The summed E-state index contributed by atoms with van der Waals surface area (Å²) in [6.07, 6.45) is 4.38. The maximum atomic E-state index is 13.0. The van der Waals surface area contributed by atoms with E-state index in [0.717, 1.165) is 34.3 Å². The van der Waals surface area contributed by atoms with Crippen LogP contribution in [0.1, 0.15) is 21.6 Å². The van der Waals surface area contributed by atoms with E-state index in [1.165, 1.54) is 0 Å². The Kier molecular flexibility index (Phi) is 4.10. The van der Waals surface area contributed by atoms with Crippen molar-refractivity contribution >= 4 is 28.4 Å². The van der Waals surface area contributed by atoms with Gasteiger partial charge in [-0.2, -0.15) is 5.10 Å². The quantitative estimate of drug-likeness (QED) is 0.515. The lowest BCUT2D eigenvalue weighted by atomic mass is 10.1. The summed E-state index contributed by atoms with van der Waals surface area (Å²) >= 11 is 5.99. The number of aromatic nitrogens is 3. The zero-order chi connectivity index (χ0) is 19.1. The minimum atomic E-state index is 0.0376. The first-order valence-electron chi connectivity index (χ1n) is 9.15. The fraction of sp³-hybridized carbons (Fsp3) is 0.136. The van der Waals surface area contributed by atoms with E-state index >= 15 is 0 Å². The zero-order valence-corrected chi connectivity index (χ0v) is 15.8. The number of halogens is 1. The van der Waals surface area contributed by atoms with Crippen LogP contribution in [0.3, 0.4) is 0 Å². The molecule has 138 valence electrons. The highest BCUT2D eigenvalue weighted by molar-refractivity contribution is 6.30. The van der Waals surface area contributed by atoms with Gasteiger partial charge in [-0.3, -0.25) is 9.78 Å². The molecule has 5 rings (SSSR count). The fourth-order valence-electron chi connectivity index (χ4n) is 3.70. The lowest BCUT2D eigenvalue weighted by Crippen LogP contribution is -2.36. The smallest absolute Gasteiger partial charge is 0.254 e. The average molecular weight is 389 g/mol. The number of carbonyl (C=O) groups excluding carboxylic acids is 1. The van der Waals surface area contributed by atoms with Crippen LogP contribution in [0.5, 0.6) is 0 Å². The van der Waals surface area contributed by atoms with Gasteiger partial charge < -0.3 is 4.90 Å². The summed E-state index contributed by atoms with van der Waals surface area (Å²) in [5, 5.41) is 6.21. The van der Waals surface area contributed by atoms with Crippen molar-refractivity contribution in [3.8, 4) is 5.69 Å². The van der Waals surface area contributed by atoms with Crippen molar-refractivity contribution < 1.29 is 4.79 Å². The molecule has 0 fully saturated rings. The van der Waals surface area contributed by atoms with Gasteiger partial charge in [-0.1, -0.05) is 17.7 Å². The van der Waals surface area contributed by atoms with Crippen LogP contribution in [0.4, 0.5) is 0 Å². The van der Waals surface area contributed by atoms with Gasteiger partial charge in [-0.15, -0.1) is 0 Å². The van der Waals surface area contributed by atoms with Crippen LogP contribution >= 0.6 is 11.6 Å². The Bertz CT molecular complexity index is 1180. The molecule has 0 saturated carbocycles. The molecular weight excluding hydrogens is 372 g/mol. The Hall–Kier alpha value is -3.18. The number of carbonyl (C=O) groups is 1. The molecule has 1 amide bonds. The van der Waals surface area contributed by atoms with Gasteiger partial charge in [0.25, 0.3) is 5.91 Å². The van der Waals surface area contributed by atoms with Crippen LogP contribution in [-0.4, -0.2) is 32.1 Å². The molecule has 2 aromatic carbocycles. The molecule has 2 aromatic heterocycles. The second kappa shape index (κ2) is 6.77. The Morgan fingerprint density at radius 2 is 1.93 bits per heavy atom. The summed E-state index contributed by atoms with van der Waals surface area (Å²) in [7, 11) is 0. The van der Waals surface area contributed by atoms with E-state index in [1.807, 2.05) is 70.4 Å². The number of fused-ring (bicyclic) bond motifs is 2. The predicted octanol–water partition coefficient (Wildman–Crippen LogP) is 4.27. The number of amides is 1. The van der Waals surface area contributed by atoms with Crippen molar-refractivity contribution in [1.82, 2.24) is 19.7 Å². The van der Waals surface area contributed by atoms with Gasteiger partial charge >= 0.3 is 0 Å². The second-order valence-electron chi connectivity index (χ2n) is 6.89. The van der Waals surface area contributed by atoms with E-state index in [2.05, 4.69) is 10.1 Å². The van der Waals surface area contributed by atoms with Crippen molar-refractivity contribution in [1.29, 1.82) is 0 Å². The average Bonchev–Trinajstić information content (AvgIpc) is 3.16. The van der Waals surface area contributed by atoms with E-state index < -0.39 is 0 Å². The molecule has 0 atom stereocenters. The molecule has 5 nitrogen and oxygen atoms in total. The van der Waals surface area contributed by atoms with E-state index in [9.17, 15) is 4.79 Å². The van der Waals surface area contributed by atoms with Crippen LogP contribution in [0.15, 0.2) is 67.0 Å². The molecule has 28 heavy (non-hydrogen) atoms. The Morgan fingerprint density at radius 3 is 2.79 bits per heavy atom. The van der Waals surface area contributed by atoms with Crippen molar-refractivity contribution in [2.24, 2.45) is 0 Å². The fourth-order valence-corrected chi connectivity index (χ4v) is 3.83. The van der Waals surface area contributed by atoms with E-state index in [4.69, 9.17) is 11.6 Å². The highest BCUT2D eigenvalue weighted by Gasteiger charge is 2.25. The maximum absolute atomic E-state index is 13.0. The summed E-state index contributed by atoms with van der Waals surface area (Å²) in [4.78, 5) is 19.2. The van der Waals surface area contributed by atoms with Gasteiger partial charge in [0.2, 0.25) is 0 Å². The molecule has 4 aromatic rings. The highest BCUT2D eigenvalue weighted by atomic mass is 35.5. The monoisotopic (exact) mass is 388 g/mol. The first-order chi connectivity index (χ1) is 13.7. The third-order valence-electron chi connectivity index (χ3n) is 5.14. The Labute approximate surface area is 167 Å². The summed E-state index contributed by atoms with van der Waals surface area (Å²) < 4.78 is 1.94. The maximum Gasteiger partial charge on any atom is 0.254 e. The summed E-state index contributed by atoms with van der Waals surface area (Å²) in [5.74, 6) is 0.0376. The van der Waals surface area contributed by atoms with Crippen LogP contribution in [0.25, 0.3) is 16.6 Å². The van der Waals surface area contributed by atoms with Crippen molar-refractivity contribution in [2.75, 3.05) is 6.54 Å². The minimum Gasteiger partial charge on any atom is -0.334 e. The minimum absolute atomic E-state index is 0.0376. The number of benzene rings is 2. The number of hydrogen-bond acceptors (Lipinski definition) is 3. The molecule has 0 spiro atoms. The standard InChI is InChI=1S/C22H17ClN4O/c23-18-4-6-19(7-5-18)27-21-9-11-26(14-17(21)13-25-27)22(28)16-3-8-20-15(12-16)2-1-10-24-20/h1-8,10,12-13H,9,11,14H2. The van der Waals surface area contributed by atoms with Crippen molar-refractivity contribution in [2.45, 2.75) is 13.0 Å². The highest BCUT2D eigenvalue weighted by Crippen LogP contribution is 2.24. The molecule has 1 aliphatic heterocycles. The molecule has 1 aliphatic rings. The lowest BCUT2D eigenvalue weighted by Gasteiger charge is -2.27. The van der Waals surface area contributed by atoms with Gasteiger partial charge in [0.15, 0.2) is 0 Å². The van der Waals surface area contributed by atoms with Gasteiger partial charge in [0, 0.05) is 47.2 Å². The first kappa shape index (κ1) is 17.0. The molecule has 6 heteroatoms. The zero-order valence-electron chi connectivity index (χ0n) is 15.0. The predicted molar refractivity (Wildman–Crippen MR) is 109 cm³/mol. The van der Waals surface area contributed by atoms with E-state index in [0.29, 0.717) is 23.7 Å². The van der Waals surface area contributed by atoms with Gasteiger partial charge in [0.1, 0.15) is 0 Å². The Morgan fingerprint density at radius 1 is 1.07 bits per heavy atom. The molecule has 0 aliphatic carbocycles. The van der Waals surface area contributed by atoms with Crippen molar-refractivity contribution in [3.05, 3.63) is 88.8 Å². The number of rotatable bonds is 2. The number of hydrogen-bond donors (Lipinski definition) is 0. The van der Waals surface area contributed by atoms with Crippen LogP contribution in [0.2, 0.25) is 5.02 Å². The SMILES string of the molecule is O=C(c1ccc2ncccc2c1)N1CCc2c(cnn2-c2ccc(Cl)cc2)C1. The summed E-state index contributed by atoms with van der Waals surface area (Å²) in [6.45, 7) is 1.23. The Balaban J connectivity index is 1.41. The van der Waals surface area contributed by atoms with Crippen LogP contribution in [0, 0.1) is 0 Å². The van der Waals surface area contributed by atoms with Crippen LogP contribution < -0.4 is 0 Å². The molecular formula is C22H17ClN4O. The third-order valence-corrected chi connectivity index (χ3v) is 5.40. The summed E-state index contributed by atoms with van der Waals surface area (Å²) in [5.41, 5.74) is 4.79. The second-order valence-corrected chi connectivity index (χ2v) is 7.33. The molecule has 0 saturated heterocycles. The lowest BCUT2D eigenvalue weighted by molar-refractivity contribution is 0.0734. The van der Waals surface area contributed by atoms with Crippen molar-refractivity contribution in [3.63, 3.8) is 0 Å². The first-order valence-corrected chi connectivity index (χ1v) is 9.52. The van der Waals surface area contributed by atoms with Gasteiger partial charge in [-0.25, -0.2) is 4.68 Å².